The second kappa shape index (κ2) is 7.76. The first-order valence-corrected chi connectivity index (χ1v) is 8.71. The molecule has 0 amide bonds. The second-order valence-electron chi connectivity index (χ2n) is 4.97. The summed E-state index contributed by atoms with van der Waals surface area (Å²) in [6.45, 7) is 5.80. The van der Waals surface area contributed by atoms with Gasteiger partial charge in [-0.1, -0.05) is 39.3 Å². The van der Waals surface area contributed by atoms with Crippen molar-refractivity contribution >= 4 is 10.0 Å². The fourth-order valence-electron chi connectivity index (χ4n) is 2.22. The highest BCUT2D eigenvalue weighted by molar-refractivity contribution is 7.89. The van der Waals surface area contributed by atoms with E-state index in [1.54, 1.807) is 18.2 Å². The minimum absolute atomic E-state index is 0.0347. The lowest BCUT2D eigenvalue weighted by Crippen LogP contribution is -2.34. The number of aliphatic hydroxyl groups excluding tert-OH is 1. The Labute approximate surface area is 122 Å². The zero-order valence-corrected chi connectivity index (χ0v) is 13.3. The third kappa shape index (κ3) is 4.30. The van der Waals surface area contributed by atoms with Gasteiger partial charge in [0.1, 0.15) is 0 Å². The zero-order chi connectivity index (χ0) is 15.2. The van der Waals surface area contributed by atoms with Crippen molar-refractivity contribution < 1.29 is 13.5 Å². The Balaban J connectivity index is 3.13. The monoisotopic (exact) mass is 299 g/mol. The first kappa shape index (κ1) is 17.1. The summed E-state index contributed by atoms with van der Waals surface area (Å²) < 4.78 is 27.8. The van der Waals surface area contributed by atoms with Crippen molar-refractivity contribution in [3.05, 3.63) is 29.3 Å². The van der Waals surface area contributed by atoms with Crippen LogP contribution >= 0.6 is 0 Å². The molecule has 2 N–H and O–H groups in total. The molecular weight excluding hydrogens is 274 g/mol. The molecule has 0 saturated carbocycles. The molecule has 1 rings (SSSR count). The minimum Gasteiger partial charge on any atom is -0.392 e. The molecule has 1 unspecified atom stereocenters. The quantitative estimate of drug-likeness (QED) is 0.775. The third-order valence-electron chi connectivity index (χ3n) is 3.44. The van der Waals surface area contributed by atoms with Crippen LogP contribution in [0, 0.1) is 0 Å². The Morgan fingerprint density at radius 3 is 2.45 bits per heavy atom. The van der Waals surface area contributed by atoms with Crippen LogP contribution in [0.5, 0.6) is 0 Å². The van der Waals surface area contributed by atoms with Crippen molar-refractivity contribution in [1.82, 2.24) is 4.72 Å². The largest absolute Gasteiger partial charge is 0.392 e. The summed E-state index contributed by atoms with van der Waals surface area (Å²) in [5, 5.41) is 9.19. The van der Waals surface area contributed by atoms with Crippen LogP contribution in [0.4, 0.5) is 0 Å². The summed E-state index contributed by atoms with van der Waals surface area (Å²) >= 11 is 0. The van der Waals surface area contributed by atoms with E-state index in [1.807, 2.05) is 20.8 Å². The van der Waals surface area contributed by atoms with Gasteiger partial charge in [0, 0.05) is 6.04 Å². The fraction of sp³-hybridized carbons (Fsp3) is 0.600. The van der Waals surface area contributed by atoms with Crippen molar-refractivity contribution in [2.24, 2.45) is 0 Å². The molecule has 20 heavy (non-hydrogen) atoms. The molecule has 0 heterocycles. The Hall–Kier alpha value is -0.910. The molecule has 0 aromatic heterocycles. The maximum Gasteiger partial charge on any atom is 0.241 e. The number of hydrogen-bond acceptors (Lipinski definition) is 3. The van der Waals surface area contributed by atoms with Gasteiger partial charge in [0.25, 0.3) is 0 Å². The summed E-state index contributed by atoms with van der Waals surface area (Å²) in [6, 6.07) is 5.08. The molecule has 0 aliphatic carbocycles. The Morgan fingerprint density at radius 2 is 1.95 bits per heavy atom. The van der Waals surface area contributed by atoms with Crippen LogP contribution in [-0.2, 0) is 23.1 Å². The minimum atomic E-state index is -3.53. The standard InChI is InChI=1S/C15H25NO3S/c1-4-7-14(6-3)16-20(18,19)15-10-12(11-17)8-9-13(15)5-2/h8-10,14,16-17H,4-7,11H2,1-3H3. The smallest absolute Gasteiger partial charge is 0.241 e. The van der Waals surface area contributed by atoms with Crippen LogP contribution in [-0.4, -0.2) is 19.6 Å². The van der Waals surface area contributed by atoms with E-state index >= 15 is 0 Å². The average Bonchev–Trinajstić information content (AvgIpc) is 2.45. The molecule has 4 nitrogen and oxygen atoms in total. The molecule has 0 saturated heterocycles. The number of nitrogens with one attached hydrogen (secondary N) is 1. The third-order valence-corrected chi connectivity index (χ3v) is 5.04. The Kier molecular flexibility index (Phi) is 6.65. The van der Waals surface area contributed by atoms with E-state index < -0.39 is 10.0 Å². The molecule has 0 spiro atoms. The summed E-state index contributed by atoms with van der Waals surface area (Å²) in [4.78, 5) is 0.293. The van der Waals surface area contributed by atoms with E-state index in [0.717, 1.165) is 24.8 Å². The van der Waals surface area contributed by atoms with E-state index in [9.17, 15) is 13.5 Å². The van der Waals surface area contributed by atoms with E-state index in [4.69, 9.17) is 0 Å². The van der Waals surface area contributed by atoms with Crippen LogP contribution in [0.3, 0.4) is 0 Å². The van der Waals surface area contributed by atoms with Crippen molar-refractivity contribution in [2.45, 2.75) is 64.0 Å². The first-order valence-electron chi connectivity index (χ1n) is 7.23. The topological polar surface area (TPSA) is 66.4 Å². The Morgan fingerprint density at radius 1 is 1.25 bits per heavy atom. The molecule has 0 aliphatic rings. The van der Waals surface area contributed by atoms with Crippen LogP contribution < -0.4 is 4.72 Å². The number of rotatable bonds is 8. The molecule has 114 valence electrons. The normalized spacial score (nSPS) is 13.4. The van der Waals surface area contributed by atoms with Gasteiger partial charge in [-0.05, 0) is 36.5 Å². The van der Waals surface area contributed by atoms with Crippen molar-refractivity contribution in [2.75, 3.05) is 0 Å². The molecule has 0 fully saturated rings. The molecule has 1 aromatic rings. The maximum atomic E-state index is 12.5. The van der Waals surface area contributed by atoms with E-state index in [0.29, 0.717) is 16.9 Å². The molecule has 1 atom stereocenters. The number of hydrogen-bond donors (Lipinski definition) is 2. The molecule has 5 heteroatoms. The van der Waals surface area contributed by atoms with E-state index in [1.165, 1.54) is 0 Å². The SMILES string of the molecule is CCCC(CC)NS(=O)(=O)c1cc(CO)ccc1CC. The van der Waals surface area contributed by atoms with Gasteiger partial charge < -0.3 is 5.11 Å². The number of aliphatic hydroxyl groups is 1. The van der Waals surface area contributed by atoms with Crippen molar-refractivity contribution in [3.63, 3.8) is 0 Å². The predicted molar refractivity (Wildman–Crippen MR) is 81.1 cm³/mol. The lowest BCUT2D eigenvalue weighted by atomic mass is 10.1. The first-order chi connectivity index (χ1) is 9.48. The van der Waals surface area contributed by atoms with Gasteiger partial charge in [0.05, 0.1) is 11.5 Å². The lowest BCUT2D eigenvalue weighted by Gasteiger charge is -2.18. The molecule has 0 aliphatic heterocycles. The molecule has 0 bridgehead atoms. The van der Waals surface area contributed by atoms with Gasteiger partial charge in [0.2, 0.25) is 10.0 Å². The van der Waals surface area contributed by atoms with Crippen LogP contribution in [0.1, 0.15) is 51.2 Å². The fourth-order valence-corrected chi connectivity index (χ4v) is 3.93. The highest BCUT2D eigenvalue weighted by Crippen LogP contribution is 2.20. The van der Waals surface area contributed by atoms with Gasteiger partial charge in [-0.2, -0.15) is 0 Å². The van der Waals surface area contributed by atoms with E-state index in [-0.39, 0.29) is 12.6 Å². The number of aryl methyl sites for hydroxylation is 1. The van der Waals surface area contributed by atoms with Crippen LogP contribution in [0.15, 0.2) is 23.1 Å². The van der Waals surface area contributed by atoms with Gasteiger partial charge >= 0.3 is 0 Å². The molecular formula is C15H25NO3S. The summed E-state index contributed by atoms with van der Waals surface area (Å²) in [5.41, 5.74) is 1.40. The summed E-state index contributed by atoms with van der Waals surface area (Å²) in [6.07, 6.45) is 3.19. The van der Waals surface area contributed by atoms with Gasteiger partial charge in [-0.15, -0.1) is 0 Å². The van der Waals surface area contributed by atoms with Crippen molar-refractivity contribution in [3.8, 4) is 0 Å². The number of benzene rings is 1. The zero-order valence-electron chi connectivity index (χ0n) is 12.5. The Bertz CT molecular complexity index is 526. The van der Waals surface area contributed by atoms with Crippen molar-refractivity contribution in [1.29, 1.82) is 0 Å². The van der Waals surface area contributed by atoms with Gasteiger partial charge in [-0.25, -0.2) is 13.1 Å². The van der Waals surface area contributed by atoms with Gasteiger partial charge in [-0.3, -0.25) is 0 Å². The highest BCUT2D eigenvalue weighted by atomic mass is 32.2. The van der Waals surface area contributed by atoms with Crippen LogP contribution in [0.2, 0.25) is 0 Å². The van der Waals surface area contributed by atoms with Gasteiger partial charge in [0.15, 0.2) is 0 Å². The molecule has 0 radical (unpaired) electrons. The highest BCUT2D eigenvalue weighted by Gasteiger charge is 2.21. The molecule has 1 aromatic carbocycles. The second-order valence-corrected chi connectivity index (χ2v) is 6.65. The lowest BCUT2D eigenvalue weighted by molar-refractivity contribution is 0.281. The maximum absolute atomic E-state index is 12.5. The van der Waals surface area contributed by atoms with E-state index in [2.05, 4.69) is 4.72 Å². The number of sulfonamides is 1. The predicted octanol–water partition coefficient (Wildman–Crippen LogP) is 2.60. The summed E-state index contributed by atoms with van der Waals surface area (Å²) in [7, 11) is -3.53. The average molecular weight is 299 g/mol. The summed E-state index contributed by atoms with van der Waals surface area (Å²) in [5.74, 6) is 0. The van der Waals surface area contributed by atoms with Crippen LogP contribution in [0.25, 0.3) is 0 Å².